The summed E-state index contributed by atoms with van der Waals surface area (Å²) in [5.41, 5.74) is -0.830. The normalized spacial score (nSPS) is 15.7. The number of amides is 1. The van der Waals surface area contributed by atoms with Gasteiger partial charge in [0.1, 0.15) is 5.82 Å². The van der Waals surface area contributed by atoms with Crippen molar-refractivity contribution in [3.8, 4) is 0 Å². The van der Waals surface area contributed by atoms with Gasteiger partial charge in [-0.15, -0.1) is 0 Å². The number of halogens is 4. The van der Waals surface area contributed by atoms with E-state index in [0.29, 0.717) is 26.2 Å². The van der Waals surface area contributed by atoms with Crippen molar-refractivity contribution < 1.29 is 22.8 Å². The molecule has 1 aromatic heterocycles. The second-order valence-corrected chi connectivity index (χ2v) is 6.78. The number of aromatic nitrogens is 1. The SMILES string of the molecule is CC(=O)/C(=C\N(C)C)C(=O)N1CCN(c2ncc(C(F)(F)F)cc2Cl)CC1. The Hall–Kier alpha value is -2.29. The molecule has 148 valence electrons. The van der Waals surface area contributed by atoms with Crippen LogP contribution in [0.3, 0.4) is 0 Å². The number of hydrogen-bond donors (Lipinski definition) is 0. The largest absolute Gasteiger partial charge is 0.417 e. The molecule has 1 amide bonds. The molecule has 1 aliphatic rings. The van der Waals surface area contributed by atoms with Crippen molar-refractivity contribution in [2.24, 2.45) is 0 Å². The number of pyridine rings is 1. The number of rotatable bonds is 4. The third-order valence-electron chi connectivity index (χ3n) is 4.01. The van der Waals surface area contributed by atoms with Gasteiger partial charge >= 0.3 is 6.18 Å². The van der Waals surface area contributed by atoms with Crippen molar-refractivity contribution >= 4 is 29.1 Å². The lowest BCUT2D eigenvalue weighted by Gasteiger charge is -2.36. The van der Waals surface area contributed by atoms with Crippen LogP contribution in [0.4, 0.5) is 19.0 Å². The smallest absolute Gasteiger partial charge is 0.383 e. The number of nitrogens with zero attached hydrogens (tertiary/aromatic N) is 4. The lowest BCUT2D eigenvalue weighted by Crippen LogP contribution is -2.50. The molecule has 1 aromatic rings. The highest BCUT2D eigenvalue weighted by Crippen LogP contribution is 2.33. The molecule has 1 saturated heterocycles. The minimum atomic E-state index is -4.51. The predicted molar refractivity (Wildman–Crippen MR) is 95.5 cm³/mol. The van der Waals surface area contributed by atoms with Crippen molar-refractivity contribution in [3.05, 3.63) is 34.6 Å². The van der Waals surface area contributed by atoms with Gasteiger partial charge in [-0.2, -0.15) is 13.2 Å². The van der Waals surface area contributed by atoms with E-state index in [-0.39, 0.29) is 28.1 Å². The molecule has 0 radical (unpaired) electrons. The van der Waals surface area contributed by atoms with Crippen molar-refractivity contribution in [1.82, 2.24) is 14.8 Å². The predicted octanol–water partition coefficient (Wildman–Crippen LogP) is 2.44. The Morgan fingerprint density at radius 2 is 1.81 bits per heavy atom. The van der Waals surface area contributed by atoms with Gasteiger partial charge in [-0.1, -0.05) is 11.6 Å². The minimum Gasteiger partial charge on any atom is -0.383 e. The highest BCUT2D eigenvalue weighted by atomic mass is 35.5. The van der Waals surface area contributed by atoms with Gasteiger partial charge < -0.3 is 14.7 Å². The summed E-state index contributed by atoms with van der Waals surface area (Å²) < 4.78 is 38.2. The van der Waals surface area contributed by atoms with Gasteiger partial charge in [-0.3, -0.25) is 9.59 Å². The van der Waals surface area contributed by atoms with Gasteiger partial charge in [-0.05, 0) is 13.0 Å². The molecule has 0 unspecified atom stereocenters. The lowest BCUT2D eigenvalue weighted by molar-refractivity contribution is -0.138. The maximum atomic E-state index is 12.7. The van der Waals surface area contributed by atoms with Crippen LogP contribution in [0, 0.1) is 0 Å². The van der Waals surface area contributed by atoms with E-state index in [2.05, 4.69) is 4.98 Å². The summed E-state index contributed by atoms with van der Waals surface area (Å²) in [5.74, 6) is -0.460. The first kappa shape index (κ1) is 21.0. The average Bonchev–Trinajstić information content (AvgIpc) is 2.58. The zero-order chi connectivity index (χ0) is 20.4. The van der Waals surface area contributed by atoms with Gasteiger partial charge in [0.05, 0.1) is 16.2 Å². The molecule has 27 heavy (non-hydrogen) atoms. The van der Waals surface area contributed by atoms with E-state index >= 15 is 0 Å². The molecule has 0 atom stereocenters. The number of Topliss-reactive ketones (excluding diaryl/α,β-unsaturated/α-hetero) is 1. The van der Waals surface area contributed by atoms with Crippen LogP contribution in [0.15, 0.2) is 24.0 Å². The number of carbonyl (C=O) groups is 2. The summed E-state index contributed by atoms with van der Waals surface area (Å²) in [5, 5.41) is -0.0958. The Morgan fingerprint density at radius 3 is 2.26 bits per heavy atom. The molecule has 0 saturated carbocycles. The molecular weight excluding hydrogens is 385 g/mol. The second-order valence-electron chi connectivity index (χ2n) is 6.37. The molecule has 0 N–H and O–H groups in total. The molecular formula is C17H20ClF3N4O2. The van der Waals surface area contributed by atoms with E-state index < -0.39 is 11.7 Å². The van der Waals surface area contributed by atoms with Crippen LogP contribution in [0.2, 0.25) is 5.02 Å². The molecule has 10 heteroatoms. The van der Waals surface area contributed by atoms with Crippen LogP contribution in [-0.2, 0) is 15.8 Å². The van der Waals surface area contributed by atoms with Crippen LogP contribution in [0.1, 0.15) is 12.5 Å². The second kappa shape index (κ2) is 8.16. The fourth-order valence-corrected chi connectivity index (χ4v) is 2.95. The Labute approximate surface area is 160 Å². The van der Waals surface area contributed by atoms with E-state index in [9.17, 15) is 22.8 Å². The summed E-state index contributed by atoms with van der Waals surface area (Å²) in [7, 11) is 3.43. The monoisotopic (exact) mass is 404 g/mol. The zero-order valence-corrected chi connectivity index (χ0v) is 15.9. The Kier molecular flexibility index (Phi) is 6.35. The molecule has 1 aliphatic heterocycles. The molecule has 0 aromatic carbocycles. The zero-order valence-electron chi connectivity index (χ0n) is 15.2. The quantitative estimate of drug-likeness (QED) is 0.438. The standard InChI is InChI=1S/C17H20ClF3N4O2/c1-11(26)13(10-23(2)3)16(27)25-6-4-24(5-7-25)15-14(18)8-12(9-22-15)17(19,20)21/h8-10H,4-7H2,1-3H3/b13-10+. The van der Waals surface area contributed by atoms with Crippen LogP contribution in [-0.4, -0.2) is 66.7 Å². The van der Waals surface area contributed by atoms with Gasteiger partial charge in [-0.25, -0.2) is 4.98 Å². The van der Waals surface area contributed by atoms with Crippen LogP contribution >= 0.6 is 11.6 Å². The maximum absolute atomic E-state index is 12.7. The lowest BCUT2D eigenvalue weighted by atomic mass is 10.1. The topological polar surface area (TPSA) is 56.8 Å². The number of piperazine rings is 1. The van der Waals surface area contributed by atoms with Crippen molar-refractivity contribution in [3.63, 3.8) is 0 Å². The molecule has 0 spiro atoms. The number of hydrogen-bond acceptors (Lipinski definition) is 5. The Bertz CT molecular complexity index is 757. The van der Waals surface area contributed by atoms with E-state index in [1.54, 1.807) is 23.9 Å². The number of carbonyl (C=O) groups excluding carboxylic acids is 2. The molecule has 2 heterocycles. The fourth-order valence-electron chi connectivity index (χ4n) is 2.67. The third-order valence-corrected chi connectivity index (χ3v) is 4.29. The number of anilines is 1. The first-order valence-electron chi connectivity index (χ1n) is 8.17. The van der Waals surface area contributed by atoms with Gasteiger partial charge in [0, 0.05) is 52.7 Å². The number of alkyl halides is 3. The van der Waals surface area contributed by atoms with E-state index in [4.69, 9.17) is 11.6 Å². The third kappa shape index (κ3) is 5.12. The van der Waals surface area contributed by atoms with Crippen LogP contribution in [0.5, 0.6) is 0 Å². The highest BCUT2D eigenvalue weighted by Gasteiger charge is 2.33. The van der Waals surface area contributed by atoms with Crippen molar-refractivity contribution in [1.29, 1.82) is 0 Å². The Balaban J connectivity index is 2.09. The highest BCUT2D eigenvalue weighted by molar-refractivity contribution is 6.33. The first-order chi connectivity index (χ1) is 12.5. The summed E-state index contributed by atoms with van der Waals surface area (Å²) in [6.45, 7) is 2.62. The summed E-state index contributed by atoms with van der Waals surface area (Å²) >= 11 is 5.97. The van der Waals surface area contributed by atoms with Crippen molar-refractivity contribution in [2.45, 2.75) is 13.1 Å². The molecule has 0 bridgehead atoms. The van der Waals surface area contributed by atoms with E-state index in [1.807, 2.05) is 0 Å². The number of ketones is 1. The average molecular weight is 405 g/mol. The molecule has 1 fully saturated rings. The summed E-state index contributed by atoms with van der Waals surface area (Å²) in [6, 6.07) is 0.842. The molecule has 2 rings (SSSR count). The summed E-state index contributed by atoms with van der Waals surface area (Å²) in [6.07, 6.45) is -2.29. The van der Waals surface area contributed by atoms with Crippen LogP contribution in [0.25, 0.3) is 0 Å². The molecule has 0 aliphatic carbocycles. The van der Waals surface area contributed by atoms with E-state index in [0.717, 1.165) is 12.3 Å². The summed E-state index contributed by atoms with van der Waals surface area (Å²) in [4.78, 5) is 33.0. The van der Waals surface area contributed by atoms with Crippen molar-refractivity contribution in [2.75, 3.05) is 45.2 Å². The minimum absolute atomic E-state index is 0.0825. The molecule has 6 nitrogen and oxygen atoms in total. The maximum Gasteiger partial charge on any atom is 0.417 e. The van der Waals surface area contributed by atoms with Gasteiger partial charge in [0.2, 0.25) is 0 Å². The first-order valence-corrected chi connectivity index (χ1v) is 8.54. The Morgan fingerprint density at radius 1 is 1.22 bits per heavy atom. The fraction of sp³-hybridized carbons (Fsp3) is 0.471. The van der Waals surface area contributed by atoms with Gasteiger partial charge in [0.25, 0.3) is 5.91 Å². The van der Waals surface area contributed by atoms with E-state index in [1.165, 1.54) is 18.0 Å². The van der Waals surface area contributed by atoms with Crippen LogP contribution < -0.4 is 4.90 Å². The van der Waals surface area contributed by atoms with Gasteiger partial charge in [0.15, 0.2) is 5.78 Å².